The fraction of sp³-hybridized carbons (Fsp3) is 0.318. The molecule has 0 radical (unpaired) electrons. The largest absolute Gasteiger partial charge is 0.494 e. The number of amides is 2. The Morgan fingerprint density at radius 2 is 1.91 bits per heavy atom. The summed E-state index contributed by atoms with van der Waals surface area (Å²) in [5.41, 5.74) is 2.02. The van der Waals surface area contributed by atoms with Crippen molar-refractivity contribution in [3.05, 3.63) is 65.7 Å². The number of ether oxygens (including phenoxy) is 1. The number of piperazine rings is 1. The smallest absolute Gasteiger partial charge is 0.317 e. The lowest BCUT2D eigenvalue weighted by Gasteiger charge is -2.36. The summed E-state index contributed by atoms with van der Waals surface area (Å²) in [4.78, 5) is 20.5. The number of aromatic nitrogens is 3. The maximum absolute atomic E-state index is 13.8. The number of nitrogens with zero attached hydrogens (tertiary/aromatic N) is 5. The van der Waals surface area contributed by atoms with Crippen LogP contribution in [-0.4, -0.2) is 59.0 Å². The zero-order chi connectivity index (χ0) is 22.7. The van der Waals surface area contributed by atoms with Crippen LogP contribution in [0.2, 0.25) is 0 Å². The number of rotatable bonds is 5. The van der Waals surface area contributed by atoms with Crippen LogP contribution in [0, 0.1) is 18.6 Å². The van der Waals surface area contributed by atoms with Gasteiger partial charge >= 0.3 is 6.03 Å². The topological polar surface area (TPSA) is 75.5 Å². The Balaban J connectivity index is 1.35. The fourth-order valence-corrected chi connectivity index (χ4v) is 3.63. The number of carbonyl (C=O) groups excluding carboxylic acids is 1. The van der Waals surface area contributed by atoms with E-state index >= 15 is 0 Å². The Hall–Kier alpha value is -3.69. The van der Waals surface area contributed by atoms with Crippen LogP contribution >= 0.6 is 0 Å². The normalized spacial score (nSPS) is 13.9. The molecule has 2 aromatic carbocycles. The molecule has 32 heavy (non-hydrogen) atoms. The molecule has 0 bridgehead atoms. The average Bonchev–Trinajstić information content (AvgIpc) is 3.24. The Labute approximate surface area is 184 Å². The van der Waals surface area contributed by atoms with Crippen LogP contribution in [-0.2, 0) is 6.54 Å². The van der Waals surface area contributed by atoms with Crippen molar-refractivity contribution in [1.29, 1.82) is 0 Å². The first-order valence-electron chi connectivity index (χ1n) is 10.2. The Morgan fingerprint density at radius 3 is 2.56 bits per heavy atom. The molecule has 8 nitrogen and oxygen atoms in total. The van der Waals surface area contributed by atoms with Crippen molar-refractivity contribution < 1.29 is 18.3 Å². The molecule has 2 amide bonds. The third kappa shape index (κ3) is 4.63. The molecule has 1 aliphatic heterocycles. The number of hydrogen-bond acceptors (Lipinski definition) is 5. The first-order chi connectivity index (χ1) is 15.4. The van der Waals surface area contributed by atoms with Gasteiger partial charge in [0.25, 0.3) is 0 Å². The van der Waals surface area contributed by atoms with E-state index in [1.54, 1.807) is 23.0 Å². The quantitative estimate of drug-likeness (QED) is 0.658. The molecule has 0 unspecified atom stereocenters. The van der Waals surface area contributed by atoms with Gasteiger partial charge in [-0.15, -0.1) is 0 Å². The van der Waals surface area contributed by atoms with E-state index in [1.807, 2.05) is 25.1 Å². The highest BCUT2D eigenvalue weighted by molar-refractivity contribution is 5.74. The van der Waals surface area contributed by atoms with Gasteiger partial charge in [0, 0.05) is 56.1 Å². The molecule has 1 N–H and O–H groups in total. The van der Waals surface area contributed by atoms with Crippen LogP contribution in [0.5, 0.6) is 5.75 Å². The minimum absolute atomic E-state index is 0.00554. The van der Waals surface area contributed by atoms with Gasteiger partial charge in [-0.2, -0.15) is 5.10 Å². The lowest BCUT2D eigenvalue weighted by molar-refractivity contribution is 0.194. The number of anilines is 1. The van der Waals surface area contributed by atoms with Crippen LogP contribution in [0.15, 0.2) is 42.7 Å². The predicted octanol–water partition coefficient (Wildman–Crippen LogP) is 2.89. The molecule has 1 fully saturated rings. The van der Waals surface area contributed by atoms with Gasteiger partial charge in [0.05, 0.1) is 7.11 Å². The fourth-order valence-electron chi connectivity index (χ4n) is 3.63. The van der Waals surface area contributed by atoms with E-state index in [0.717, 1.165) is 17.4 Å². The second kappa shape index (κ2) is 9.21. The van der Waals surface area contributed by atoms with Crippen LogP contribution in [0.4, 0.5) is 19.3 Å². The predicted molar refractivity (Wildman–Crippen MR) is 115 cm³/mol. The van der Waals surface area contributed by atoms with Crippen molar-refractivity contribution in [3.63, 3.8) is 0 Å². The molecule has 1 saturated heterocycles. The molecule has 1 aliphatic rings. The molecule has 0 saturated carbocycles. The van der Waals surface area contributed by atoms with Gasteiger partial charge < -0.3 is 19.9 Å². The molecule has 3 aromatic rings. The molecular formula is C22H24F2N6O2. The number of nitrogens with one attached hydrogen (secondary N) is 1. The summed E-state index contributed by atoms with van der Waals surface area (Å²) in [7, 11) is 1.61. The third-order valence-electron chi connectivity index (χ3n) is 5.39. The number of urea groups is 1. The van der Waals surface area contributed by atoms with Gasteiger partial charge in [0.2, 0.25) is 0 Å². The average molecular weight is 442 g/mol. The van der Waals surface area contributed by atoms with Crippen molar-refractivity contribution in [1.82, 2.24) is 25.0 Å². The maximum atomic E-state index is 13.8. The van der Waals surface area contributed by atoms with Crippen LogP contribution in [0.25, 0.3) is 5.69 Å². The zero-order valence-electron chi connectivity index (χ0n) is 17.9. The van der Waals surface area contributed by atoms with Gasteiger partial charge in [0.15, 0.2) is 0 Å². The summed E-state index contributed by atoms with van der Waals surface area (Å²) in [6, 6.07) is 8.90. The standard InChI is InChI=1S/C22H24F2N6O2/c1-15-26-14-30(27-15)20-6-5-18(12-21(20)32-2)28-7-9-29(10-8-28)22(31)25-13-16-3-4-17(23)11-19(16)24/h3-6,11-12,14H,7-10,13H2,1-2H3,(H,25,31). The monoisotopic (exact) mass is 442 g/mol. The van der Waals surface area contributed by atoms with E-state index in [9.17, 15) is 13.6 Å². The maximum Gasteiger partial charge on any atom is 0.317 e. The summed E-state index contributed by atoms with van der Waals surface area (Å²) >= 11 is 0. The highest BCUT2D eigenvalue weighted by Gasteiger charge is 2.22. The van der Waals surface area contributed by atoms with Gasteiger partial charge in [-0.25, -0.2) is 23.2 Å². The summed E-state index contributed by atoms with van der Waals surface area (Å²) in [5, 5.41) is 7.03. The number of benzene rings is 2. The third-order valence-corrected chi connectivity index (χ3v) is 5.39. The Kier molecular flexibility index (Phi) is 6.20. The van der Waals surface area contributed by atoms with E-state index in [0.29, 0.717) is 37.8 Å². The molecule has 0 aliphatic carbocycles. The van der Waals surface area contributed by atoms with Gasteiger partial charge in [-0.3, -0.25) is 0 Å². The summed E-state index contributed by atoms with van der Waals surface area (Å²) in [6.07, 6.45) is 1.64. The minimum atomic E-state index is -0.673. The lowest BCUT2D eigenvalue weighted by Crippen LogP contribution is -2.51. The van der Waals surface area contributed by atoms with Gasteiger partial charge in [0.1, 0.15) is 35.2 Å². The molecule has 2 heterocycles. The SMILES string of the molecule is COc1cc(N2CCN(C(=O)NCc3ccc(F)cc3F)CC2)ccc1-n1cnc(C)n1. The second-order valence-corrected chi connectivity index (χ2v) is 7.46. The summed E-state index contributed by atoms with van der Waals surface area (Å²) in [6.45, 7) is 4.15. The van der Waals surface area contributed by atoms with Crippen molar-refractivity contribution in [2.45, 2.75) is 13.5 Å². The molecule has 0 atom stereocenters. The molecule has 4 rings (SSSR count). The molecule has 1 aromatic heterocycles. The number of hydrogen-bond donors (Lipinski definition) is 1. The van der Waals surface area contributed by atoms with Crippen molar-refractivity contribution in [2.24, 2.45) is 0 Å². The van der Waals surface area contributed by atoms with Gasteiger partial charge in [-0.05, 0) is 25.1 Å². The first-order valence-corrected chi connectivity index (χ1v) is 10.2. The summed E-state index contributed by atoms with van der Waals surface area (Å²) < 4.78 is 34.0. The van der Waals surface area contributed by atoms with Crippen LogP contribution in [0.1, 0.15) is 11.4 Å². The van der Waals surface area contributed by atoms with Crippen molar-refractivity contribution >= 4 is 11.7 Å². The molecule has 10 heteroatoms. The van der Waals surface area contributed by atoms with E-state index < -0.39 is 11.6 Å². The minimum Gasteiger partial charge on any atom is -0.494 e. The van der Waals surface area contributed by atoms with E-state index in [-0.39, 0.29) is 18.1 Å². The molecule has 0 spiro atoms. The van der Waals surface area contributed by atoms with E-state index in [2.05, 4.69) is 20.3 Å². The lowest BCUT2D eigenvalue weighted by atomic mass is 10.2. The molecule has 168 valence electrons. The van der Waals surface area contributed by atoms with E-state index in [1.165, 1.54) is 12.1 Å². The number of aryl methyl sites for hydroxylation is 1. The number of methoxy groups -OCH3 is 1. The van der Waals surface area contributed by atoms with Crippen LogP contribution < -0.4 is 15.0 Å². The van der Waals surface area contributed by atoms with Gasteiger partial charge in [-0.1, -0.05) is 6.07 Å². The Morgan fingerprint density at radius 1 is 1.12 bits per heavy atom. The van der Waals surface area contributed by atoms with E-state index in [4.69, 9.17) is 4.74 Å². The van der Waals surface area contributed by atoms with Crippen molar-refractivity contribution in [3.8, 4) is 11.4 Å². The Bertz CT molecular complexity index is 1110. The number of carbonyl (C=O) groups is 1. The van der Waals surface area contributed by atoms with Crippen molar-refractivity contribution in [2.75, 3.05) is 38.2 Å². The summed E-state index contributed by atoms with van der Waals surface area (Å²) in [5.74, 6) is 0.0323. The zero-order valence-corrected chi connectivity index (χ0v) is 17.9. The highest BCUT2D eigenvalue weighted by Crippen LogP contribution is 2.28. The number of halogens is 2. The van der Waals surface area contributed by atoms with Crippen LogP contribution in [0.3, 0.4) is 0 Å². The molecular weight excluding hydrogens is 418 g/mol. The highest BCUT2D eigenvalue weighted by atomic mass is 19.1. The first kappa shape index (κ1) is 21.5. The second-order valence-electron chi connectivity index (χ2n) is 7.46.